The van der Waals surface area contributed by atoms with Gasteiger partial charge in [-0.25, -0.2) is 4.98 Å². The monoisotopic (exact) mass is 309 g/mol. The molecule has 1 saturated heterocycles. The van der Waals surface area contributed by atoms with Crippen LogP contribution in [0.25, 0.3) is 0 Å². The van der Waals surface area contributed by atoms with Crippen molar-refractivity contribution in [3.63, 3.8) is 0 Å². The van der Waals surface area contributed by atoms with E-state index in [1.54, 1.807) is 0 Å². The lowest BCUT2D eigenvalue weighted by Gasteiger charge is -2.36. The molecule has 0 radical (unpaired) electrons. The maximum atomic E-state index is 13.1. The van der Waals surface area contributed by atoms with Crippen LogP contribution < -0.4 is 0 Å². The van der Waals surface area contributed by atoms with Crippen molar-refractivity contribution < 1.29 is 4.79 Å². The number of hydrogen-bond donors (Lipinski definition) is 0. The SMILES string of the molecule is O=C([C@H]1CCCc2ccccc21)N1CCC[C@H](n2ccnc2)C1. The Hall–Kier alpha value is -2.10. The van der Waals surface area contributed by atoms with Crippen molar-refractivity contribution >= 4 is 5.91 Å². The molecule has 1 aromatic carbocycles. The fourth-order valence-electron chi connectivity index (χ4n) is 4.11. The Bertz CT molecular complexity index is 680. The summed E-state index contributed by atoms with van der Waals surface area (Å²) in [6, 6.07) is 8.85. The summed E-state index contributed by atoms with van der Waals surface area (Å²) in [5, 5.41) is 0. The zero-order valence-corrected chi connectivity index (χ0v) is 13.4. The lowest BCUT2D eigenvalue weighted by Crippen LogP contribution is -2.43. The predicted octanol–water partition coefficient (Wildman–Crippen LogP) is 3.17. The van der Waals surface area contributed by atoms with E-state index in [1.165, 1.54) is 11.1 Å². The standard InChI is InChI=1S/C19H23N3O/c23-19(18-9-3-6-15-5-1-2-8-17(15)18)21-11-4-7-16(13-21)22-12-10-20-14-22/h1-2,5,8,10,12,14,16,18H,3-4,6-7,9,11,13H2/t16-,18-/m0/s1. The number of piperidine rings is 1. The smallest absolute Gasteiger partial charge is 0.230 e. The van der Waals surface area contributed by atoms with Crippen LogP contribution in [-0.4, -0.2) is 33.4 Å². The number of nitrogens with zero attached hydrogens (tertiary/aromatic N) is 3. The number of likely N-dealkylation sites (tertiary alicyclic amines) is 1. The summed E-state index contributed by atoms with van der Waals surface area (Å²) in [4.78, 5) is 19.4. The second-order valence-corrected chi connectivity index (χ2v) is 6.73. The van der Waals surface area contributed by atoms with Crippen molar-refractivity contribution in [2.75, 3.05) is 13.1 Å². The van der Waals surface area contributed by atoms with E-state index in [0.717, 1.165) is 45.2 Å². The molecule has 0 saturated carbocycles. The van der Waals surface area contributed by atoms with E-state index in [-0.39, 0.29) is 5.92 Å². The van der Waals surface area contributed by atoms with E-state index in [0.29, 0.717) is 11.9 Å². The third-order valence-electron chi connectivity index (χ3n) is 5.32. The van der Waals surface area contributed by atoms with Gasteiger partial charge in [0.25, 0.3) is 0 Å². The number of amides is 1. The van der Waals surface area contributed by atoms with E-state index in [1.807, 2.05) is 18.7 Å². The Kier molecular flexibility index (Phi) is 3.90. The average Bonchev–Trinajstić information content (AvgIpc) is 3.15. The van der Waals surface area contributed by atoms with Crippen LogP contribution in [-0.2, 0) is 11.2 Å². The molecule has 120 valence electrons. The number of carbonyl (C=O) groups excluding carboxylic acids is 1. The number of hydrogen-bond acceptors (Lipinski definition) is 2. The maximum Gasteiger partial charge on any atom is 0.230 e. The summed E-state index contributed by atoms with van der Waals surface area (Å²) >= 11 is 0. The summed E-state index contributed by atoms with van der Waals surface area (Å²) in [7, 11) is 0. The molecular formula is C19H23N3O. The Morgan fingerprint density at radius 3 is 2.96 bits per heavy atom. The Morgan fingerprint density at radius 1 is 1.17 bits per heavy atom. The van der Waals surface area contributed by atoms with Gasteiger partial charge in [0.15, 0.2) is 0 Å². The quantitative estimate of drug-likeness (QED) is 0.854. The predicted molar refractivity (Wildman–Crippen MR) is 89.2 cm³/mol. The molecule has 1 fully saturated rings. The largest absolute Gasteiger partial charge is 0.340 e. The first-order valence-electron chi connectivity index (χ1n) is 8.67. The zero-order chi connectivity index (χ0) is 15.6. The van der Waals surface area contributed by atoms with Crippen molar-refractivity contribution in [2.45, 2.75) is 44.1 Å². The van der Waals surface area contributed by atoms with Gasteiger partial charge in [0.2, 0.25) is 5.91 Å². The van der Waals surface area contributed by atoms with Gasteiger partial charge in [-0.3, -0.25) is 4.79 Å². The maximum absolute atomic E-state index is 13.1. The third-order valence-corrected chi connectivity index (χ3v) is 5.32. The molecule has 1 amide bonds. The highest BCUT2D eigenvalue weighted by Crippen LogP contribution is 2.34. The van der Waals surface area contributed by atoms with E-state index in [4.69, 9.17) is 0 Å². The third kappa shape index (κ3) is 2.78. The number of fused-ring (bicyclic) bond motifs is 1. The van der Waals surface area contributed by atoms with Crippen LogP contribution in [0.4, 0.5) is 0 Å². The number of carbonyl (C=O) groups is 1. The molecule has 4 heteroatoms. The van der Waals surface area contributed by atoms with Crippen LogP contribution >= 0.6 is 0 Å². The minimum atomic E-state index is 0.0569. The van der Waals surface area contributed by atoms with Crippen molar-refractivity contribution in [1.29, 1.82) is 0 Å². The minimum absolute atomic E-state index is 0.0569. The van der Waals surface area contributed by atoms with Crippen molar-refractivity contribution in [3.05, 3.63) is 54.1 Å². The molecule has 2 heterocycles. The normalized spacial score (nSPS) is 24.3. The number of imidazole rings is 1. The molecule has 1 aromatic heterocycles. The van der Waals surface area contributed by atoms with Crippen LogP contribution in [0.15, 0.2) is 43.0 Å². The molecule has 4 nitrogen and oxygen atoms in total. The molecular weight excluding hydrogens is 286 g/mol. The lowest BCUT2D eigenvalue weighted by molar-refractivity contribution is -0.134. The van der Waals surface area contributed by atoms with Gasteiger partial charge in [-0.1, -0.05) is 24.3 Å². The number of aromatic nitrogens is 2. The first kappa shape index (κ1) is 14.5. The van der Waals surface area contributed by atoms with Gasteiger partial charge in [-0.2, -0.15) is 0 Å². The average molecular weight is 309 g/mol. The second kappa shape index (κ2) is 6.19. The summed E-state index contributed by atoms with van der Waals surface area (Å²) < 4.78 is 2.15. The Morgan fingerprint density at radius 2 is 2.09 bits per heavy atom. The van der Waals surface area contributed by atoms with E-state index in [9.17, 15) is 4.79 Å². The summed E-state index contributed by atoms with van der Waals surface area (Å²) in [6.45, 7) is 1.70. The molecule has 0 N–H and O–H groups in total. The van der Waals surface area contributed by atoms with E-state index < -0.39 is 0 Å². The van der Waals surface area contributed by atoms with E-state index in [2.05, 4.69) is 38.7 Å². The molecule has 1 aliphatic carbocycles. The fraction of sp³-hybridized carbons (Fsp3) is 0.474. The minimum Gasteiger partial charge on any atom is -0.340 e. The molecule has 2 aliphatic rings. The van der Waals surface area contributed by atoms with E-state index >= 15 is 0 Å². The number of aryl methyl sites for hydroxylation is 1. The van der Waals surface area contributed by atoms with Gasteiger partial charge >= 0.3 is 0 Å². The van der Waals surface area contributed by atoms with Gasteiger partial charge in [-0.15, -0.1) is 0 Å². The lowest BCUT2D eigenvalue weighted by atomic mass is 9.81. The van der Waals surface area contributed by atoms with Gasteiger partial charge in [0, 0.05) is 25.5 Å². The highest BCUT2D eigenvalue weighted by molar-refractivity contribution is 5.84. The molecule has 2 atom stereocenters. The summed E-state index contributed by atoms with van der Waals surface area (Å²) in [5.74, 6) is 0.378. The van der Waals surface area contributed by atoms with Crippen LogP contribution in [0.1, 0.15) is 48.8 Å². The molecule has 0 bridgehead atoms. The zero-order valence-electron chi connectivity index (χ0n) is 13.4. The molecule has 0 spiro atoms. The van der Waals surface area contributed by atoms with Crippen LogP contribution in [0.5, 0.6) is 0 Å². The fourth-order valence-corrected chi connectivity index (χ4v) is 4.11. The van der Waals surface area contributed by atoms with Crippen LogP contribution in [0.2, 0.25) is 0 Å². The molecule has 4 rings (SSSR count). The van der Waals surface area contributed by atoms with Gasteiger partial charge in [0.1, 0.15) is 0 Å². The van der Waals surface area contributed by atoms with Crippen molar-refractivity contribution in [2.24, 2.45) is 0 Å². The number of rotatable bonds is 2. The van der Waals surface area contributed by atoms with Gasteiger partial charge < -0.3 is 9.47 Å². The van der Waals surface area contributed by atoms with Crippen LogP contribution in [0, 0.1) is 0 Å². The first-order valence-corrected chi connectivity index (χ1v) is 8.67. The molecule has 2 aromatic rings. The highest BCUT2D eigenvalue weighted by atomic mass is 16.2. The summed E-state index contributed by atoms with van der Waals surface area (Å²) in [6.07, 6.45) is 11.1. The van der Waals surface area contributed by atoms with Gasteiger partial charge in [0.05, 0.1) is 18.3 Å². The Labute approximate surface area is 137 Å². The first-order chi connectivity index (χ1) is 11.3. The van der Waals surface area contributed by atoms with Gasteiger partial charge in [-0.05, 0) is 43.2 Å². The number of benzene rings is 1. The Balaban J connectivity index is 1.53. The molecule has 23 heavy (non-hydrogen) atoms. The topological polar surface area (TPSA) is 38.1 Å². The second-order valence-electron chi connectivity index (χ2n) is 6.73. The van der Waals surface area contributed by atoms with Crippen LogP contribution in [0.3, 0.4) is 0 Å². The highest BCUT2D eigenvalue weighted by Gasteiger charge is 2.32. The molecule has 0 unspecified atom stereocenters. The van der Waals surface area contributed by atoms with Crippen molar-refractivity contribution in [3.8, 4) is 0 Å². The van der Waals surface area contributed by atoms with Crippen molar-refractivity contribution in [1.82, 2.24) is 14.5 Å². The molecule has 1 aliphatic heterocycles. The summed E-state index contributed by atoms with van der Waals surface area (Å²) in [5.41, 5.74) is 2.62.